The zero-order valence-corrected chi connectivity index (χ0v) is 16.2. The second-order valence-corrected chi connectivity index (χ2v) is 7.76. The molecule has 0 radical (unpaired) electrons. The number of rotatable bonds is 5. The van der Waals surface area contributed by atoms with E-state index in [2.05, 4.69) is 15.4 Å². The number of anilines is 3. The Morgan fingerprint density at radius 3 is 2.25 bits per heavy atom. The number of benzene rings is 2. The minimum atomic E-state index is -4.01. The van der Waals surface area contributed by atoms with Crippen molar-refractivity contribution in [3.05, 3.63) is 36.4 Å². The van der Waals surface area contributed by atoms with Crippen LogP contribution in [0.25, 0.3) is 0 Å². The van der Waals surface area contributed by atoms with Crippen LogP contribution in [-0.4, -0.2) is 34.5 Å². The molecule has 2 amide bonds. The van der Waals surface area contributed by atoms with Crippen molar-refractivity contribution in [2.45, 2.75) is 11.8 Å². The van der Waals surface area contributed by atoms with Gasteiger partial charge in [0.05, 0.1) is 36.2 Å². The largest absolute Gasteiger partial charge is 0.497 e. The summed E-state index contributed by atoms with van der Waals surface area (Å²) in [6.07, 6.45) is 0. The molecule has 9 nitrogen and oxygen atoms in total. The summed E-state index contributed by atoms with van der Waals surface area (Å²) in [5, 5.41) is 5.15. The van der Waals surface area contributed by atoms with Crippen LogP contribution in [0.1, 0.15) is 6.92 Å². The van der Waals surface area contributed by atoms with Gasteiger partial charge in [0.1, 0.15) is 17.4 Å². The van der Waals surface area contributed by atoms with Crippen molar-refractivity contribution < 1.29 is 27.5 Å². The van der Waals surface area contributed by atoms with E-state index in [-0.39, 0.29) is 16.3 Å². The van der Waals surface area contributed by atoms with Gasteiger partial charge in [-0.15, -0.1) is 0 Å². The Balaban J connectivity index is 1.97. The minimum absolute atomic E-state index is 0.0970. The Kier molecular flexibility index (Phi) is 5.14. The fraction of sp³-hybridized carbons (Fsp3) is 0.222. The molecule has 0 fully saturated rings. The maximum Gasteiger partial charge on any atom is 0.262 e. The fourth-order valence-corrected chi connectivity index (χ4v) is 3.69. The van der Waals surface area contributed by atoms with Crippen molar-refractivity contribution in [2.75, 3.05) is 29.6 Å². The van der Waals surface area contributed by atoms with Gasteiger partial charge >= 0.3 is 0 Å². The summed E-state index contributed by atoms with van der Waals surface area (Å²) in [4.78, 5) is 23.8. The first kappa shape index (κ1) is 19.5. The maximum atomic E-state index is 12.8. The van der Waals surface area contributed by atoms with Crippen LogP contribution in [0.2, 0.25) is 0 Å². The highest BCUT2D eigenvalue weighted by Gasteiger charge is 2.28. The van der Waals surface area contributed by atoms with Gasteiger partial charge in [-0.05, 0) is 37.3 Å². The summed E-state index contributed by atoms with van der Waals surface area (Å²) in [6, 6.07) is 8.73. The molecule has 0 saturated heterocycles. The molecule has 2 aromatic carbocycles. The minimum Gasteiger partial charge on any atom is -0.497 e. The molecule has 2 aromatic rings. The standard InChI is InChI=1S/C18H19N3O6S/c1-10-17(22)19-13-6-5-12(9-14(13)20-18(10)23)28(24,25)21-15-8-11(26-2)4-7-16(15)27-3/h4-10,21H,1-3H3,(H,19,22)(H,20,23)/t10-/m1/s1. The molecule has 1 heterocycles. The van der Waals surface area contributed by atoms with E-state index in [0.717, 1.165) is 0 Å². The number of amides is 2. The zero-order chi connectivity index (χ0) is 20.5. The fourth-order valence-electron chi connectivity index (χ4n) is 2.60. The maximum absolute atomic E-state index is 12.8. The van der Waals surface area contributed by atoms with E-state index in [1.54, 1.807) is 12.1 Å². The van der Waals surface area contributed by atoms with Crippen LogP contribution in [0.5, 0.6) is 11.5 Å². The van der Waals surface area contributed by atoms with E-state index in [9.17, 15) is 18.0 Å². The van der Waals surface area contributed by atoms with Crippen LogP contribution < -0.4 is 24.8 Å². The van der Waals surface area contributed by atoms with Crippen LogP contribution in [-0.2, 0) is 19.6 Å². The number of ether oxygens (including phenoxy) is 2. The summed E-state index contributed by atoms with van der Waals surface area (Å²) in [6.45, 7) is 1.46. The molecule has 10 heteroatoms. The van der Waals surface area contributed by atoms with Gasteiger partial charge in [0.2, 0.25) is 11.8 Å². The Hall–Kier alpha value is -3.27. The van der Waals surface area contributed by atoms with E-state index in [1.165, 1.54) is 45.4 Å². The van der Waals surface area contributed by atoms with Crippen molar-refractivity contribution in [3.8, 4) is 11.5 Å². The number of methoxy groups -OCH3 is 2. The van der Waals surface area contributed by atoms with E-state index < -0.39 is 27.8 Å². The molecule has 0 aromatic heterocycles. The first-order valence-corrected chi connectivity index (χ1v) is 9.74. The quantitative estimate of drug-likeness (QED) is 0.654. The highest BCUT2D eigenvalue weighted by molar-refractivity contribution is 7.92. The molecule has 0 unspecified atom stereocenters. The average Bonchev–Trinajstić information content (AvgIpc) is 2.77. The smallest absolute Gasteiger partial charge is 0.262 e. The second-order valence-electron chi connectivity index (χ2n) is 6.08. The lowest BCUT2D eigenvalue weighted by Gasteiger charge is -2.14. The SMILES string of the molecule is COc1ccc(OC)c(NS(=O)(=O)c2ccc3c(c2)NC(=O)[C@H](C)C(=O)N3)c1. The predicted molar refractivity (Wildman–Crippen MR) is 103 cm³/mol. The van der Waals surface area contributed by atoms with E-state index >= 15 is 0 Å². The first-order chi connectivity index (χ1) is 13.2. The van der Waals surface area contributed by atoms with Gasteiger partial charge < -0.3 is 20.1 Å². The number of fused-ring (bicyclic) bond motifs is 1. The van der Waals surface area contributed by atoms with Gasteiger partial charge in [-0.1, -0.05) is 0 Å². The molecule has 1 atom stereocenters. The van der Waals surface area contributed by atoms with Gasteiger partial charge in [-0.25, -0.2) is 8.42 Å². The Labute approximate surface area is 162 Å². The van der Waals surface area contributed by atoms with E-state index in [0.29, 0.717) is 17.2 Å². The number of carbonyl (C=O) groups is 2. The van der Waals surface area contributed by atoms with Crippen LogP contribution in [0.15, 0.2) is 41.3 Å². The monoisotopic (exact) mass is 405 g/mol. The molecule has 0 spiro atoms. The third-order valence-electron chi connectivity index (χ3n) is 4.25. The van der Waals surface area contributed by atoms with Gasteiger partial charge in [0.15, 0.2) is 0 Å². The van der Waals surface area contributed by atoms with E-state index in [1.807, 2.05) is 0 Å². The molecular formula is C18H19N3O6S. The normalized spacial score (nSPS) is 16.3. The number of hydrogen-bond donors (Lipinski definition) is 3. The third-order valence-corrected chi connectivity index (χ3v) is 5.62. The summed E-state index contributed by atoms with van der Waals surface area (Å²) >= 11 is 0. The molecule has 0 saturated carbocycles. The lowest BCUT2D eigenvalue weighted by molar-refractivity contribution is -0.128. The van der Waals surface area contributed by atoms with Crippen LogP contribution in [0.3, 0.4) is 0 Å². The lowest BCUT2D eigenvalue weighted by Crippen LogP contribution is -2.28. The number of carbonyl (C=O) groups excluding carboxylic acids is 2. The topological polar surface area (TPSA) is 123 Å². The highest BCUT2D eigenvalue weighted by atomic mass is 32.2. The third kappa shape index (κ3) is 3.72. The molecule has 148 valence electrons. The van der Waals surface area contributed by atoms with E-state index in [4.69, 9.17) is 9.47 Å². The van der Waals surface area contributed by atoms with Gasteiger partial charge in [0, 0.05) is 6.07 Å². The summed E-state index contributed by atoms with van der Waals surface area (Å²) in [5.41, 5.74) is 0.714. The van der Waals surface area contributed by atoms with Crippen molar-refractivity contribution in [2.24, 2.45) is 5.92 Å². The van der Waals surface area contributed by atoms with Gasteiger partial charge in [0.25, 0.3) is 10.0 Å². The molecule has 3 rings (SSSR count). The molecule has 1 aliphatic rings. The molecule has 0 bridgehead atoms. The average molecular weight is 405 g/mol. The van der Waals surface area contributed by atoms with Crippen molar-refractivity contribution >= 4 is 38.9 Å². The van der Waals surface area contributed by atoms with Crippen molar-refractivity contribution in [1.29, 1.82) is 0 Å². The number of hydrogen-bond acceptors (Lipinski definition) is 6. The molecule has 1 aliphatic heterocycles. The van der Waals surface area contributed by atoms with Crippen molar-refractivity contribution in [1.82, 2.24) is 0 Å². The molecule has 3 N–H and O–H groups in total. The Morgan fingerprint density at radius 1 is 0.929 bits per heavy atom. The van der Waals surface area contributed by atoms with Gasteiger partial charge in [-0.2, -0.15) is 0 Å². The van der Waals surface area contributed by atoms with Crippen LogP contribution >= 0.6 is 0 Å². The zero-order valence-electron chi connectivity index (χ0n) is 15.4. The number of nitrogens with one attached hydrogen (secondary N) is 3. The van der Waals surface area contributed by atoms with Crippen LogP contribution in [0, 0.1) is 5.92 Å². The lowest BCUT2D eigenvalue weighted by atomic mass is 10.1. The Bertz CT molecular complexity index is 1050. The summed E-state index contributed by atoms with van der Waals surface area (Å²) in [7, 11) is -1.13. The van der Waals surface area contributed by atoms with Crippen LogP contribution in [0.4, 0.5) is 17.1 Å². The second kappa shape index (κ2) is 7.39. The molecule has 0 aliphatic carbocycles. The summed E-state index contributed by atoms with van der Waals surface area (Å²) < 4.78 is 38.4. The molecule has 28 heavy (non-hydrogen) atoms. The highest BCUT2D eigenvalue weighted by Crippen LogP contribution is 2.33. The Morgan fingerprint density at radius 2 is 1.61 bits per heavy atom. The molecular weight excluding hydrogens is 386 g/mol. The predicted octanol–water partition coefficient (Wildman–Crippen LogP) is 2.03. The number of sulfonamides is 1. The first-order valence-electron chi connectivity index (χ1n) is 8.26. The summed E-state index contributed by atoms with van der Waals surface area (Å²) in [5.74, 6) is -1.12. The van der Waals surface area contributed by atoms with Crippen molar-refractivity contribution in [3.63, 3.8) is 0 Å². The van der Waals surface area contributed by atoms with Gasteiger partial charge in [-0.3, -0.25) is 14.3 Å².